The highest BCUT2D eigenvalue weighted by Crippen LogP contribution is 2.37. The Hall–Kier alpha value is -0.0800. The molecule has 0 bridgehead atoms. The van der Waals surface area contributed by atoms with Crippen LogP contribution in [0.3, 0.4) is 0 Å². The zero-order chi connectivity index (χ0) is 6.86. The van der Waals surface area contributed by atoms with Crippen molar-refractivity contribution >= 4 is 0 Å². The van der Waals surface area contributed by atoms with Crippen molar-refractivity contribution in [2.45, 2.75) is 44.1 Å². The topological polar surface area (TPSA) is 18.5 Å². The maximum Gasteiger partial charge on any atom is 0.106 e. The first-order valence-electron chi connectivity index (χ1n) is 4.22. The molecule has 2 fully saturated rings. The highest BCUT2D eigenvalue weighted by atomic mass is 17.2. The van der Waals surface area contributed by atoms with Crippen molar-refractivity contribution in [3.63, 3.8) is 0 Å². The molecular weight excluding hydrogens is 128 g/mol. The summed E-state index contributed by atoms with van der Waals surface area (Å²) in [6, 6.07) is 0. The second-order valence-electron chi connectivity index (χ2n) is 3.40. The van der Waals surface area contributed by atoms with Gasteiger partial charge in [0.2, 0.25) is 0 Å². The molecule has 0 aromatic carbocycles. The largest absolute Gasteiger partial charge is 0.236 e. The van der Waals surface area contributed by atoms with Crippen molar-refractivity contribution in [2.75, 3.05) is 6.61 Å². The van der Waals surface area contributed by atoms with E-state index in [1.165, 1.54) is 32.1 Å². The van der Waals surface area contributed by atoms with Crippen LogP contribution in [0.5, 0.6) is 0 Å². The molecule has 2 aliphatic rings. The van der Waals surface area contributed by atoms with E-state index in [9.17, 15) is 0 Å². The van der Waals surface area contributed by atoms with Gasteiger partial charge in [0.25, 0.3) is 0 Å². The molecule has 1 heterocycles. The van der Waals surface area contributed by atoms with E-state index in [0.29, 0.717) is 0 Å². The van der Waals surface area contributed by atoms with Gasteiger partial charge in [0.05, 0.1) is 6.61 Å². The lowest BCUT2D eigenvalue weighted by atomic mass is 9.83. The van der Waals surface area contributed by atoms with Crippen molar-refractivity contribution in [1.82, 2.24) is 0 Å². The molecule has 58 valence electrons. The molecule has 0 aromatic rings. The van der Waals surface area contributed by atoms with Gasteiger partial charge >= 0.3 is 0 Å². The van der Waals surface area contributed by atoms with Gasteiger partial charge in [0.15, 0.2) is 0 Å². The monoisotopic (exact) mass is 142 g/mol. The Morgan fingerprint density at radius 3 is 2.30 bits per heavy atom. The van der Waals surface area contributed by atoms with Gasteiger partial charge < -0.3 is 0 Å². The summed E-state index contributed by atoms with van der Waals surface area (Å²) in [7, 11) is 0. The molecule has 1 aliphatic heterocycles. The Labute approximate surface area is 61.4 Å². The summed E-state index contributed by atoms with van der Waals surface area (Å²) in [6.45, 7) is 0.806. The Kier molecular flexibility index (Phi) is 1.66. The molecule has 10 heavy (non-hydrogen) atoms. The molecule has 0 atom stereocenters. The molecule has 1 saturated carbocycles. The standard InChI is InChI=1S/C8H14O2/c1-2-4-8(5-3-1)6-7-9-10-8/h1-7H2. The summed E-state index contributed by atoms with van der Waals surface area (Å²) >= 11 is 0. The minimum absolute atomic E-state index is 0.151. The summed E-state index contributed by atoms with van der Waals surface area (Å²) < 4.78 is 0. The summed E-state index contributed by atoms with van der Waals surface area (Å²) in [6.07, 6.45) is 7.57. The highest BCUT2D eigenvalue weighted by molar-refractivity contribution is 4.84. The smallest absolute Gasteiger partial charge is 0.106 e. The van der Waals surface area contributed by atoms with E-state index in [4.69, 9.17) is 9.78 Å². The van der Waals surface area contributed by atoms with E-state index in [2.05, 4.69) is 0 Å². The van der Waals surface area contributed by atoms with Gasteiger partial charge in [0.1, 0.15) is 5.60 Å². The van der Waals surface area contributed by atoms with Crippen LogP contribution in [0.25, 0.3) is 0 Å². The van der Waals surface area contributed by atoms with Crippen LogP contribution in [0.15, 0.2) is 0 Å². The second kappa shape index (κ2) is 2.51. The molecule has 0 unspecified atom stereocenters. The predicted molar refractivity (Wildman–Crippen MR) is 37.5 cm³/mol. The maximum absolute atomic E-state index is 5.28. The third-order valence-electron chi connectivity index (χ3n) is 2.64. The van der Waals surface area contributed by atoms with E-state index in [1.54, 1.807) is 0 Å². The lowest BCUT2D eigenvalue weighted by Gasteiger charge is -2.29. The summed E-state index contributed by atoms with van der Waals surface area (Å²) in [4.78, 5) is 10.2. The molecular formula is C8H14O2. The first-order valence-corrected chi connectivity index (χ1v) is 4.22. The van der Waals surface area contributed by atoms with E-state index >= 15 is 0 Å². The van der Waals surface area contributed by atoms with Crippen LogP contribution in [0, 0.1) is 0 Å². The fourth-order valence-electron chi connectivity index (χ4n) is 1.97. The van der Waals surface area contributed by atoms with Crippen LogP contribution in [0.4, 0.5) is 0 Å². The van der Waals surface area contributed by atoms with Crippen LogP contribution >= 0.6 is 0 Å². The SMILES string of the molecule is C1CCC2(CC1)CCOO2. The predicted octanol–water partition coefficient (Wildman–Crippen LogP) is 2.04. The molecule has 2 heteroatoms. The molecule has 1 aliphatic carbocycles. The van der Waals surface area contributed by atoms with Gasteiger partial charge in [-0.05, 0) is 12.8 Å². The molecule has 0 aromatic heterocycles. The molecule has 1 saturated heterocycles. The first-order chi connectivity index (χ1) is 4.91. The quantitative estimate of drug-likeness (QED) is 0.482. The van der Waals surface area contributed by atoms with E-state index in [0.717, 1.165) is 13.0 Å². The maximum atomic E-state index is 5.28. The average molecular weight is 142 g/mol. The number of rotatable bonds is 0. The molecule has 1 spiro atoms. The van der Waals surface area contributed by atoms with E-state index < -0.39 is 0 Å². The summed E-state index contributed by atoms with van der Waals surface area (Å²) in [5.74, 6) is 0. The third-order valence-corrected chi connectivity index (χ3v) is 2.64. The fourth-order valence-corrected chi connectivity index (χ4v) is 1.97. The normalized spacial score (nSPS) is 31.2. The second-order valence-corrected chi connectivity index (χ2v) is 3.40. The van der Waals surface area contributed by atoms with E-state index in [-0.39, 0.29) is 5.60 Å². The molecule has 0 amide bonds. The Morgan fingerprint density at radius 1 is 0.900 bits per heavy atom. The van der Waals surface area contributed by atoms with Crippen LogP contribution in [0.1, 0.15) is 38.5 Å². The summed E-state index contributed by atoms with van der Waals surface area (Å²) in [5.41, 5.74) is 0.151. The lowest BCUT2D eigenvalue weighted by molar-refractivity contribution is -0.314. The molecule has 0 radical (unpaired) electrons. The minimum atomic E-state index is 0.151. The van der Waals surface area contributed by atoms with Crippen LogP contribution < -0.4 is 0 Å². The van der Waals surface area contributed by atoms with Crippen LogP contribution in [-0.2, 0) is 9.78 Å². The minimum Gasteiger partial charge on any atom is -0.236 e. The van der Waals surface area contributed by atoms with Gasteiger partial charge in [0, 0.05) is 6.42 Å². The van der Waals surface area contributed by atoms with Gasteiger partial charge in [-0.2, -0.15) is 0 Å². The Bertz CT molecular complexity index is 108. The van der Waals surface area contributed by atoms with Crippen LogP contribution in [0.2, 0.25) is 0 Å². The Morgan fingerprint density at radius 2 is 1.70 bits per heavy atom. The fraction of sp³-hybridized carbons (Fsp3) is 1.00. The lowest BCUT2D eigenvalue weighted by Crippen LogP contribution is -2.29. The van der Waals surface area contributed by atoms with Gasteiger partial charge in [-0.15, -0.1) is 0 Å². The van der Waals surface area contributed by atoms with Gasteiger partial charge in [-0.3, -0.25) is 0 Å². The van der Waals surface area contributed by atoms with Crippen molar-refractivity contribution < 1.29 is 9.78 Å². The highest BCUT2D eigenvalue weighted by Gasteiger charge is 2.37. The average Bonchev–Trinajstić information content (AvgIpc) is 2.39. The van der Waals surface area contributed by atoms with Crippen LogP contribution in [-0.4, -0.2) is 12.2 Å². The van der Waals surface area contributed by atoms with Crippen molar-refractivity contribution in [1.29, 1.82) is 0 Å². The van der Waals surface area contributed by atoms with Gasteiger partial charge in [-0.25, -0.2) is 9.78 Å². The van der Waals surface area contributed by atoms with Crippen molar-refractivity contribution in [3.8, 4) is 0 Å². The van der Waals surface area contributed by atoms with Crippen molar-refractivity contribution in [2.24, 2.45) is 0 Å². The summed E-state index contributed by atoms with van der Waals surface area (Å²) in [5, 5.41) is 0. The number of hydrogen-bond donors (Lipinski definition) is 0. The van der Waals surface area contributed by atoms with E-state index in [1.807, 2.05) is 0 Å². The van der Waals surface area contributed by atoms with Crippen molar-refractivity contribution in [3.05, 3.63) is 0 Å². The zero-order valence-corrected chi connectivity index (χ0v) is 6.27. The Balaban J connectivity index is 1.98. The molecule has 2 rings (SSSR count). The number of hydrogen-bond acceptors (Lipinski definition) is 2. The van der Waals surface area contributed by atoms with Gasteiger partial charge in [-0.1, -0.05) is 19.3 Å². The molecule has 0 N–H and O–H groups in total. The zero-order valence-electron chi connectivity index (χ0n) is 6.27. The molecule has 2 nitrogen and oxygen atoms in total. The first kappa shape index (κ1) is 6.62. The third kappa shape index (κ3) is 1.06.